The summed E-state index contributed by atoms with van der Waals surface area (Å²) in [5, 5.41) is 27.0. The minimum Gasteiger partial charge on any atom is -0.479 e. The first-order chi connectivity index (χ1) is 21.6. The largest absolute Gasteiger partial charge is 0.479 e. The van der Waals surface area contributed by atoms with Gasteiger partial charge in [0, 0.05) is 0 Å². The highest BCUT2D eigenvalue weighted by atomic mass is 31.2. The third kappa shape index (κ3) is 8.05. The van der Waals surface area contributed by atoms with Gasteiger partial charge in [-0.25, -0.2) is 15.2 Å². The quantitative estimate of drug-likeness (QED) is 0.0769. The molecular formula is C24H36N7O14P. The number of carbonyl (C=O) groups excluding carboxylic acids is 4. The number of aliphatic hydroxyl groups is 2. The van der Waals surface area contributed by atoms with Gasteiger partial charge in [-0.15, -0.1) is 0 Å². The van der Waals surface area contributed by atoms with E-state index in [0.717, 1.165) is 28.4 Å². The topological polar surface area (TPSA) is 284 Å². The number of aliphatic hydroxyl groups excluding tert-OH is 1. The van der Waals surface area contributed by atoms with E-state index in [4.69, 9.17) is 19.7 Å². The maximum absolute atomic E-state index is 14.2. The number of nitrogen functional groups attached to an aromatic ring is 1. The average molecular weight is 678 g/mol. The van der Waals surface area contributed by atoms with E-state index < -0.39 is 87.1 Å². The number of imidazole rings is 1. The second kappa shape index (κ2) is 15.1. The molecule has 0 aromatic carbocycles. The molecule has 1 aliphatic rings. The lowest BCUT2D eigenvalue weighted by molar-refractivity contribution is -0.149. The summed E-state index contributed by atoms with van der Waals surface area (Å²) >= 11 is 0. The van der Waals surface area contributed by atoms with E-state index in [1.165, 1.54) is 24.9 Å². The number of rotatable bonds is 15. The zero-order chi connectivity index (χ0) is 34.4. The monoisotopic (exact) mass is 677 g/mol. The molecule has 2 aromatic heterocycles. The van der Waals surface area contributed by atoms with E-state index in [-0.39, 0.29) is 23.0 Å². The van der Waals surface area contributed by atoms with Gasteiger partial charge >= 0.3 is 31.5 Å². The van der Waals surface area contributed by atoms with Crippen molar-refractivity contribution in [2.45, 2.75) is 55.9 Å². The van der Waals surface area contributed by atoms with Crippen molar-refractivity contribution < 1.29 is 66.9 Å². The molecule has 1 fully saturated rings. The zero-order valence-electron chi connectivity index (χ0n) is 25.7. The van der Waals surface area contributed by atoms with Crippen molar-refractivity contribution in [3.8, 4) is 5.88 Å². The van der Waals surface area contributed by atoms with E-state index in [0.29, 0.717) is 0 Å². The molecule has 6 atom stereocenters. The van der Waals surface area contributed by atoms with Crippen LogP contribution in [0.5, 0.6) is 5.88 Å². The molecule has 0 amide bonds. The molecule has 2 aromatic rings. The lowest BCUT2D eigenvalue weighted by Gasteiger charge is -2.29. The molecule has 0 saturated carbocycles. The molecule has 256 valence electrons. The predicted octanol–water partition coefficient (Wildman–Crippen LogP) is -2.06. The molecular weight excluding hydrogens is 641 g/mol. The van der Waals surface area contributed by atoms with Crippen molar-refractivity contribution in [2.75, 3.05) is 47.9 Å². The van der Waals surface area contributed by atoms with Crippen LogP contribution in [0.2, 0.25) is 0 Å². The summed E-state index contributed by atoms with van der Waals surface area (Å²) in [6, 6.07) is -3.31. The fourth-order valence-electron chi connectivity index (χ4n) is 4.45. The average Bonchev–Trinajstić information content (AvgIpc) is 3.54. The normalized spacial score (nSPS) is 23.6. The van der Waals surface area contributed by atoms with E-state index in [1.807, 2.05) is 0 Å². The van der Waals surface area contributed by atoms with Crippen LogP contribution in [-0.2, 0) is 52.0 Å². The minimum absolute atomic E-state index is 0.0386. The summed E-state index contributed by atoms with van der Waals surface area (Å²) in [6.45, 7) is 0.482. The maximum Gasteiger partial charge on any atom is 0.342 e. The number of methoxy groups -OCH3 is 5. The smallest absolute Gasteiger partial charge is 0.342 e. The molecule has 6 N–H and O–H groups in total. The Kier molecular flexibility index (Phi) is 12.0. The van der Waals surface area contributed by atoms with E-state index >= 15 is 0 Å². The van der Waals surface area contributed by atoms with Gasteiger partial charge in [-0.2, -0.15) is 9.97 Å². The molecule has 3 rings (SSSR count). The predicted molar refractivity (Wildman–Crippen MR) is 152 cm³/mol. The first kappa shape index (κ1) is 36.5. The fourth-order valence-corrected chi connectivity index (χ4v) is 6.24. The number of esters is 4. The standard InChI is InChI=1S/C24H36N7O14P/c1-24(37)17(34)13(45-22(24)31-10-26-16-18(31)27-23(25)28-19(16)41-4)9-44-46(38,29-11(20(35)42-5)7-14(32)39-2)30-12(21(36)43-6)8-15(33)40-3/h10-13,17,22,34,37H,7-9H2,1-6H3,(H2,25,27,28)(H2,29,30,38). The van der Waals surface area contributed by atoms with Crippen LogP contribution in [0.15, 0.2) is 6.33 Å². The second-order valence-corrected chi connectivity index (χ2v) is 11.8. The number of nitrogens with one attached hydrogen (secondary N) is 2. The second-order valence-electron chi connectivity index (χ2n) is 9.93. The zero-order valence-corrected chi connectivity index (χ0v) is 26.6. The van der Waals surface area contributed by atoms with Crippen LogP contribution in [-0.4, -0.2) is 126 Å². The van der Waals surface area contributed by atoms with Crippen molar-refractivity contribution >= 4 is 48.7 Å². The van der Waals surface area contributed by atoms with Gasteiger partial charge in [-0.3, -0.25) is 28.3 Å². The summed E-state index contributed by atoms with van der Waals surface area (Å²) < 4.78 is 50.7. The highest BCUT2D eigenvalue weighted by Gasteiger charge is 2.54. The van der Waals surface area contributed by atoms with Crippen LogP contribution >= 0.6 is 7.67 Å². The SMILES string of the molecule is COC(=O)CC(NP(=O)(NC(CC(=O)OC)C(=O)OC)OCC1OC(n2cnc3c(OC)nc(N)nc32)C(C)(O)C1O)C(=O)OC. The van der Waals surface area contributed by atoms with Crippen molar-refractivity contribution in [3.63, 3.8) is 0 Å². The van der Waals surface area contributed by atoms with Gasteiger partial charge in [0.05, 0.1) is 61.3 Å². The Bertz CT molecular complexity index is 1440. The molecule has 1 saturated heterocycles. The first-order valence-electron chi connectivity index (χ1n) is 13.3. The summed E-state index contributed by atoms with van der Waals surface area (Å²) in [5.74, 6) is -4.09. The summed E-state index contributed by atoms with van der Waals surface area (Å²) in [7, 11) is 0.725. The Balaban J connectivity index is 1.95. The first-order valence-corrected chi connectivity index (χ1v) is 15.0. The Labute approximate surface area is 261 Å². The highest BCUT2D eigenvalue weighted by molar-refractivity contribution is 7.54. The Morgan fingerprint density at radius 2 is 1.57 bits per heavy atom. The third-order valence-corrected chi connectivity index (χ3v) is 8.66. The van der Waals surface area contributed by atoms with Crippen LogP contribution in [0, 0.1) is 0 Å². The molecule has 0 radical (unpaired) electrons. The molecule has 22 heteroatoms. The Morgan fingerprint density at radius 1 is 1.02 bits per heavy atom. The van der Waals surface area contributed by atoms with Crippen molar-refractivity contribution in [1.29, 1.82) is 0 Å². The van der Waals surface area contributed by atoms with E-state index in [1.54, 1.807) is 0 Å². The molecule has 46 heavy (non-hydrogen) atoms. The molecule has 0 aliphatic carbocycles. The van der Waals surface area contributed by atoms with E-state index in [2.05, 4.69) is 44.1 Å². The number of anilines is 1. The molecule has 0 spiro atoms. The van der Waals surface area contributed by atoms with Crippen LogP contribution < -0.4 is 20.6 Å². The minimum atomic E-state index is -4.72. The van der Waals surface area contributed by atoms with Gasteiger partial charge < -0.3 is 48.9 Å². The van der Waals surface area contributed by atoms with Gasteiger partial charge in [0.2, 0.25) is 11.8 Å². The number of carbonyl (C=O) groups is 4. The summed E-state index contributed by atoms with van der Waals surface area (Å²) in [4.78, 5) is 61.2. The van der Waals surface area contributed by atoms with Gasteiger partial charge in [-0.1, -0.05) is 0 Å². The fraction of sp³-hybridized carbons (Fsp3) is 0.625. The van der Waals surface area contributed by atoms with Gasteiger partial charge in [0.15, 0.2) is 17.4 Å². The van der Waals surface area contributed by atoms with Crippen LogP contribution in [0.1, 0.15) is 26.0 Å². The van der Waals surface area contributed by atoms with Crippen molar-refractivity contribution in [1.82, 2.24) is 29.7 Å². The number of nitrogens with zero attached hydrogens (tertiary/aromatic N) is 4. The molecule has 1 aliphatic heterocycles. The maximum atomic E-state index is 14.2. The van der Waals surface area contributed by atoms with E-state index in [9.17, 15) is 34.0 Å². The lowest BCUT2D eigenvalue weighted by atomic mass is 9.96. The third-order valence-electron chi connectivity index (χ3n) is 6.85. The van der Waals surface area contributed by atoms with Gasteiger partial charge in [-0.05, 0) is 6.92 Å². The molecule has 6 unspecified atom stereocenters. The van der Waals surface area contributed by atoms with Gasteiger partial charge in [0.25, 0.3) is 0 Å². The summed E-state index contributed by atoms with van der Waals surface area (Å²) in [6.07, 6.45) is -4.65. The number of aromatic nitrogens is 4. The Hall–Kier alpha value is -3.98. The number of nitrogens with two attached hydrogens (primary N) is 1. The van der Waals surface area contributed by atoms with Crippen LogP contribution in [0.3, 0.4) is 0 Å². The Morgan fingerprint density at radius 3 is 2.04 bits per heavy atom. The number of fused-ring (bicyclic) bond motifs is 1. The lowest BCUT2D eigenvalue weighted by Crippen LogP contribution is -2.47. The molecule has 21 nitrogen and oxygen atoms in total. The van der Waals surface area contributed by atoms with Crippen LogP contribution in [0.25, 0.3) is 11.2 Å². The van der Waals surface area contributed by atoms with Crippen molar-refractivity contribution in [3.05, 3.63) is 6.33 Å². The highest BCUT2D eigenvalue weighted by Crippen LogP contribution is 2.44. The van der Waals surface area contributed by atoms with Gasteiger partial charge in [0.1, 0.15) is 29.9 Å². The summed E-state index contributed by atoms with van der Waals surface area (Å²) in [5.41, 5.74) is 3.99. The number of hydrogen-bond acceptors (Lipinski definition) is 18. The van der Waals surface area contributed by atoms with Crippen LogP contribution in [0.4, 0.5) is 5.95 Å². The molecule has 0 bridgehead atoms. The van der Waals surface area contributed by atoms with Crippen molar-refractivity contribution in [2.24, 2.45) is 0 Å². The molecule has 3 heterocycles. The number of ether oxygens (including phenoxy) is 6. The number of hydrogen-bond donors (Lipinski definition) is 5.